The summed E-state index contributed by atoms with van der Waals surface area (Å²) in [6.45, 7) is 1.93. The van der Waals surface area contributed by atoms with E-state index in [4.69, 9.17) is 0 Å². The van der Waals surface area contributed by atoms with Gasteiger partial charge in [0.05, 0.1) is 5.69 Å². The molecule has 1 aliphatic heterocycles. The first-order valence-corrected chi connectivity index (χ1v) is 9.42. The zero-order chi connectivity index (χ0) is 20.2. The van der Waals surface area contributed by atoms with Gasteiger partial charge in [0.2, 0.25) is 5.91 Å². The van der Waals surface area contributed by atoms with Crippen LogP contribution in [0, 0.1) is 0 Å². The summed E-state index contributed by atoms with van der Waals surface area (Å²) in [5, 5.41) is 16.4. The van der Waals surface area contributed by atoms with E-state index in [1.54, 1.807) is 22.9 Å². The van der Waals surface area contributed by atoms with E-state index in [0.717, 1.165) is 5.56 Å². The Balaban J connectivity index is 1.62. The van der Waals surface area contributed by atoms with Crippen molar-refractivity contribution in [3.63, 3.8) is 0 Å². The number of anilines is 2. The fourth-order valence-corrected chi connectivity index (χ4v) is 3.23. The Morgan fingerprint density at radius 2 is 1.76 bits per heavy atom. The van der Waals surface area contributed by atoms with Gasteiger partial charge in [-0.3, -0.25) is 15.4 Å². The van der Waals surface area contributed by atoms with Crippen molar-refractivity contribution in [1.82, 2.24) is 20.4 Å². The number of para-hydroxylation sites is 1. The van der Waals surface area contributed by atoms with Crippen LogP contribution < -0.4 is 21.3 Å². The van der Waals surface area contributed by atoms with Crippen LogP contribution in [0.3, 0.4) is 0 Å². The number of benzene rings is 2. The van der Waals surface area contributed by atoms with Crippen LogP contribution in [0.5, 0.6) is 0 Å². The minimum absolute atomic E-state index is 0.0101. The van der Waals surface area contributed by atoms with E-state index in [2.05, 4.69) is 26.4 Å². The van der Waals surface area contributed by atoms with Crippen LogP contribution in [0.25, 0.3) is 11.3 Å². The molecule has 4 rings (SSSR count). The molecule has 8 nitrogen and oxygen atoms in total. The van der Waals surface area contributed by atoms with Gasteiger partial charge >= 0.3 is 6.03 Å². The molecule has 1 saturated heterocycles. The molecule has 3 amide bonds. The summed E-state index contributed by atoms with van der Waals surface area (Å²) in [5.41, 5.74) is 2.28. The summed E-state index contributed by atoms with van der Waals surface area (Å²) in [7, 11) is 0. The standard InChI is InChI=1S/C21H22N6O2/c1-14-12-19(28)25-20(22-14)27-18(13-17(26-27)15-8-4-2-5-9-15)24-21(29)23-16-10-6-3-7-11-16/h2-11,13-14,20,22H,12H2,1H3,(H,25,28)(H2,23,24,29). The highest BCUT2D eigenvalue weighted by Gasteiger charge is 2.27. The third-order valence-corrected chi connectivity index (χ3v) is 4.55. The quantitative estimate of drug-likeness (QED) is 0.550. The average Bonchev–Trinajstić information content (AvgIpc) is 3.12. The predicted molar refractivity (Wildman–Crippen MR) is 111 cm³/mol. The SMILES string of the molecule is CC1CC(=O)NC(n2nc(-c3ccccc3)cc2NC(=O)Nc2ccccc2)N1. The Labute approximate surface area is 168 Å². The summed E-state index contributed by atoms with van der Waals surface area (Å²) in [6.07, 6.45) is -0.170. The van der Waals surface area contributed by atoms with Crippen molar-refractivity contribution in [3.8, 4) is 11.3 Å². The minimum atomic E-state index is -0.560. The van der Waals surface area contributed by atoms with Crippen LogP contribution in [-0.4, -0.2) is 27.8 Å². The molecule has 1 aromatic heterocycles. The number of hydrogen-bond donors (Lipinski definition) is 4. The topological polar surface area (TPSA) is 100 Å². The number of rotatable bonds is 4. The minimum Gasteiger partial charge on any atom is -0.322 e. The summed E-state index contributed by atoms with van der Waals surface area (Å²) in [6, 6.07) is 20.2. The lowest BCUT2D eigenvalue weighted by atomic mass is 10.2. The average molecular weight is 390 g/mol. The maximum atomic E-state index is 12.5. The molecule has 8 heteroatoms. The molecule has 4 N–H and O–H groups in total. The van der Waals surface area contributed by atoms with E-state index in [1.807, 2.05) is 55.5 Å². The highest BCUT2D eigenvalue weighted by Crippen LogP contribution is 2.24. The molecule has 2 unspecified atom stereocenters. The van der Waals surface area contributed by atoms with Crippen molar-refractivity contribution in [2.24, 2.45) is 0 Å². The maximum absolute atomic E-state index is 12.5. The first-order valence-electron chi connectivity index (χ1n) is 9.42. The molecular weight excluding hydrogens is 368 g/mol. The fourth-order valence-electron chi connectivity index (χ4n) is 3.23. The molecular formula is C21H22N6O2. The van der Waals surface area contributed by atoms with Gasteiger partial charge < -0.3 is 10.6 Å². The first kappa shape index (κ1) is 18.7. The molecule has 0 bridgehead atoms. The van der Waals surface area contributed by atoms with E-state index >= 15 is 0 Å². The molecule has 29 heavy (non-hydrogen) atoms. The molecule has 0 saturated carbocycles. The van der Waals surface area contributed by atoms with E-state index in [0.29, 0.717) is 23.6 Å². The molecule has 148 valence electrons. The van der Waals surface area contributed by atoms with Crippen molar-refractivity contribution >= 4 is 23.4 Å². The van der Waals surface area contributed by atoms with Gasteiger partial charge in [-0.15, -0.1) is 0 Å². The number of carbonyl (C=O) groups excluding carboxylic acids is 2. The van der Waals surface area contributed by atoms with Gasteiger partial charge in [-0.2, -0.15) is 5.10 Å². The molecule has 2 atom stereocenters. The second kappa shape index (κ2) is 8.15. The van der Waals surface area contributed by atoms with Crippen LogP contribution >= 0.6 is 0 Å². The lowest BCUT2D eigenvalue weighted by Crippen LogP contribution is -2.52. The van der Waals surface area contributed by atoms with Gasteiger partial charge in [0.25, 0.3) is 0 Å². The Morgan fingerprint density at radius 3 is 2.45 bits per heavy atom. The van der Waals surface area contributed by atoms with Crippen LogP contribution in [0.1, 0.15) is 19.6 Å². The number of amides is 3. The highest BCUT2D eigenvalue weighted by atomic mass is 16.2. The number of nitrogens with one attached hydrogen (secondary N) is 4. The Hall–Kier alpha value is -3.65. The third kappa shape index (κ3) is 4.44. The van der Waals surface area contributed by atoms with Crippen LogP contribution in [0.4, 0.5) is 16.3 Å². The van der Waals surface area contributed by atoms with E-state index in [-0.39, 0.29) is 11.9 Å². The van der Waals surface area contributed by atoms with Gasteiger partial charge in [0.15, 0.2) is 6.29 Å². The second-order valence-corrected chi connectivity index (χ2v) is 6.91. The number of carbonyl (C=O) groups is 2. The Bertz CT molecular complexity index is 1000. The van der Waals surface area contributed by atoms with E-state index in [9.17, 15) is 9.59 Å². The van der Waals surface area contributed by atoms with Crippen LogP contribution in [0.2, 0.25) is 0 Å². The number of nitrogens with zero attached hydrogens (tertiary/aromatic N) is 2. The summed E-state index contributed by atoms with van der Waals surface area (Å²) < 4.78 is 1.58. The lowest BCUT2D eigenvalue weighted by Gasteiger charge is -2.30. The molecule has 3 aromatic rings. The monoisotopic (exact) mass is 390 g/mol. The molecule has 2 aromatic carbocycles. The molecule has 0 radical (unpaired) electrons. The van der Waals surface area contributed by atoms with Crippen molar-refractivity contribution in [1.29, 1.82) is 0 Å². The fraction of sp³-hybridized carbons (Fsp3) is 0.190. The van der Waals surface area contributed by atoms with Gasteiger partial charge in [0, 0.05) is 29.8 Å². The predicted octanol–water partition coefficient (Wildman–Crippen LogP) is 3.15. The molecule has 1 fully saturated rings. The maximum Gasteiger partial charge on any atom is 0.324 e. The molecule has 0 spiro atoms. The Kier molecular flexibility index (Phi) is 5.26. The third-order valence-electron chi connectivity index (χ3n) is 4.55. The van der Waals surface area contributed by atoms with Gasteiger partial charge in [-0.05, 0) is 19.1 Å². The highest BCUT2D eigenvalue weighted by molar-refractivity contribution is 5.99. The van der Waals surface area contributed by atoms with Crippen molar-refractivity contribution < 1.29 is 9.59 Å². The van der Waals surface area contributed by atoms with Gasteiger partial charge in [-0.25, -0.2) is 9.48 Å². The van der Waals surface area contributed by atoms with E-state index < -0.39 is 12.3 Å². The van der Waals surface area contributed by atoms with Crippen molar-refractivity contribution in [3.05, 3.63) is 66.7 Å². The zero-order valence-corrected chi connectivity index (χ0v) is 15.9. The largest absolute Gasteiger partial charge is 0.324 e. The van der Waals surface area contributed by atoms with Crippen LogP contribution in [-0.2, 0) is 4.79 Å². The molecule has 2 heterocycles. The lowest BCUT2D eigenvalue weighted by molar-refractivity contribution is -0.125. The molecule has 1 aliphatic rings. The van der Waals surface area contributed by atoms with E-state index in [1.165, 1.54) is 0 Å². The number of aromatic nitrogens is 2. The number of hydrogen-bond acceptors (Lipinski definition) is 4. The van der Waals surface area contributed by atoms with Crippen molar-refractivity contribution in [2.75, 3.05) is 10.6 Å². The smallest absolute Gasteiger partial charge is 0.322 e. The molecule has 0 aliphatic carbocycles. The number of urea groups is 1. The van der Waals surface area contributed by atoms with Gasteiger partial charge in [0.1, 0.15) is 5.82 Å². The normalized spacial score (nSPS) is 18.7. The van der Waals surface area contributed by atoms with Crippen molar-refractivity contribution in [2.45, 2.75) is 25.7 Å². The summed E-state index contributed by atoms with van der Waals surface area (Å²) >= 11 is 0. The second-order valence-electron chi connectivity index (χ2n) is 6.91. The van der Waals surface area contributed by atoms with Gasteiger partial charge in [-0.1, -0.05) is 48.5 Å². The summed E-state index contributed by atoms with van der Waals surface area (Å²) in [5.74, 6) is 0.391. The Morgan fingerprint density at radius 1 is 1.07 bits per heavy atom. The van der Waals surface area contributed by atoms with Crippen LogP contribution in [0.15, 0.2) is 66.7 Å². The first-order chi connectivity index (χ1) is 14.1. The zero-order valence-electron chi connectivity index (χ0n) is 15.9. The summed E-state index contributed by atoms with van der Waals surface area (Å²) in [4.78, 5) is 24.5.